The molecule has 1 aliphatic rings. The standard InChI is InChI=1S/C9H10.C4H10/c1-2-5-9-7-3-6-8(9)4-1;1-4(2)3/h1-2,4-5H,3,6-7H2;4H,1-3H3. The highest BCUT2D eigenvalue weighted by Gasteiger charge is 2.07. The fourth-order valence-electron chi connectivity index (χ4n) is 1.51. The lowest BCUT2D eigenvalue weighted by molar-refractivity contribution is 0.737. The van der Waals surface area contributed by atoms with Gasteiger partial charge < -0.3 is 0 Å². The van der Waals surface area contributed by atoms with E-state index < -0.39 is 0 Å². The van der Waals surface area contributed by atoms with E-state index in [0.717, 1.165) is 5.92 Å². The van der Waals surface area contributed by atoms with Crippen molar-refractivity contribution in [3.05, 3.63) is 35.4 Å². The van der Waals surface area contributed by atoms with Crippen LogP contribution in [-0.2, 0) is 12.8 Å². The molecule has 0 atom stereocenters. The Bertz CT molecular complexity index is 222. The number of rotatable bonds is 0. The van der Waals surface area contributed by atoms with Crippen molar-refractivity contribution in [3.8, 4) is 0 Å². The zero-order valence-corrected chi connectivity index (χ0v) is 9.01. The molecule has 1 aliphatic carbocycles. The van der Waals surface area contributed by atoms with Crippen LogP contribution in [0.25, 0.3) is 0 Å². The molecule has 0 nitrogen and oxygen atoms in total. The molecule has 2 rings (SSSR count). The summed E-state index contributed by atoms with van der Waals surface area (Å²) in [6.45, 7) is 6.50. The van der Waals surface area contributed by atoms with Crippen LogP contribution in [0, 0.1) is 5.92 Å². The van der Waals surface area contributed by atoms with E-state index in [2.05, 4.69) is 45.0 Å². The molecule has 1 aromatic rings. The minimum absolute atomic E-state index is 0.833. The minimum atomic E-state index is 0.833. The van der Waals surface area contributed by atoms with E-state index in [1.54, 1.807) is 11.1 Å². The van der Waals surface area contributed by atoms with Crippen LogP contribution in [0.15, 0.2) is 24.3 Å². The molecule has 0 heteroatoms. The van der Waals surface area contributed by atoms with Gasteiger partial charge in [0.05, 0.1) is 0 Å². The first-order valence-corrected chi connectivity index (χ1v) is 5.27. The van der Waals surface area contributed by atoms with E-state index in [0.29, 0.717) is 0 Å². The van der Waals surface area contributed by atoms with Crippen molar-refractivity contribution in [3.63, 3.8) is 0 Å². The van der Waals surface area contributed by atoms with Crippen LogP contribution in [0.1, 0.15) is 38.3 Å². The number of hydrogen-bond donors (Lipinski definition) is 0. The second-order valence-electron chi connectivity index (χ2n) is 4.35. The molecule has 0 spiro atoms. The van der Waals surface area contributed by atoms with Gasteiger partial charge in [-0.2, -0.15) is 0 Å². The second kappa shape index (κ2) is 5.06. The van der Waals surface area contributed by atoms with E-state index in [1.165, 1.54) is 19.3 Å². The van der Waals surface area contributed by atoms with Gasteiger partial charge in [-0.1, -0.05) is 45.0 Å². The predicted molar refractivity (Wildman–Crippen MR) is 59.0 cm³/mol. The Morgan fingerprint density at radius 2 is 1.31 bits per heavy atom. The molecule has 0 bridgehead atoms. The Labute approximate surface area is 82.0 Å². The lowest BCUT2D eigenvalue weighted by atomic mass is 10.1. The summed E-state index contributed by atoms with van der Waals surface area (Å²) >= 11 is 0. The van der Waals surface area contributed by atoms with Crippen molar-refractivity contribution in [1.82, 2.24) is 0 Å². The maximum absolute atomic E-state index is 2.24. The van der Waals surface area contributed by atoms with Crippen molar-refractivity contribution in [2.45, 2.75) is 40.0 Å². The molecule has 0 fully saturated rings. The molecule has 0 N–H and O–H groups in total. The Morgan fingerprint density at radius 3 is 1.69 bits per heavy atom. The average molecular weight is 176 g/mol. The molecule has 72 valence electrons. The maximum atomic E-state index is 2.24. The van der Waals surface area contributed by atoms with Gasteiger partial charge in [-0.25, -0.2) is 0 Å². The van der Waals surface area contributed by atoms with Gasteiger partial charge in [-0.15, -0.1) is 0 Å². The summed E-state index contributed by atoms with van der Waals surface area (Å²) in [5.74, 6) is 0.833. The highest BCUT2D eigenvalue weighted by Crippen LogP contribution is 2.20. The Morgan fingerprint density at radius 1 is 0.923 bits per heavy atom. The van der Waals surface area contributed by atoms with Gasteiger partial charge >= 0.3 is 0 Å². The molecule has 0 heterocycles. The smallest absolute Gasteiger partial charge is 0.0273 e. The summed E-state index contributed by atoms with van der Waals surface area (Å²) in [7, 11) is 0. The van der Waals surface area contributed by atoms with Crippen LogP contribution >= 0.6 is 0 Å². The normalized spacial score (nSPS) is 13.5. The summed E-state index contributed by atoms with van der Waals surface area (Å²) in [5, 5.41) is 0. The lowest BCUT2D eigenvalue weighted by Crippen LogP contribution is -1.77. The van der Waals surface area contributed by atoms with Crippen LogP contribution in [0.4, 0.5) is 0 Å². The average Bonchev–Trinajstić information content (AvgIpc) is 2.49. The first-order valence-electron chi connectivity index (χ1n) is 5.27. The zero-order valence-electron chi connectivity index (χ0n) is 9.01. The Balaban J connectivity index is 0.000000184. The van der Waals surface area contributed by atoms with E-state index in [9.17, 15) is 0 Å². The van der Waals surface area contributed by atoms with Gasteiger partial charge in [0, 0.05) is 0 Å². The molecule has 1 aromatic carbocycles. The van der Waals surface area contributed by atoms with Crippen LogP contribution in [0.3, 0.4) is 0 Å². The zero-order chi connectivity index (χ0) is 9.68. The first kappa shape index (κ1) is 10.3. The molecule has 0 aliphatic heterocycles. The van der Waals surface area contributed by atoms with Gasteiger partial charge in [0.2, 0.25) is 0 Å². The molecule has 0 unspecified atom stereocenters. The van der Waals surface area contributed by atoms with Crippen LogP contribution in [0.2, 0.25) is 0 Å². The summed E-state index contributed by atoms with van der Waals surface area (Å²) in [5.41, 5.74) is 3.13. The molecular weight excluding hydrogens is 156 g/mol. The molecular formula is C13H20. The molecule has 0 saturated carbocycles. The Kier molecular flexibility index (Phi) is 4.01. The maximum Gasteiger partial charge on any atom is -0.0273 e. The first-order chi connectivity index (χ1) is 6.20. The molecule has 0 radical (unpaired) electrons. The molecule has 0 aromatic heterocycles. The fraction of sp³-hybridized carbons (Fsp3) is 0.538. The molecule has 0 saturated heterocycles. The van der Waals surface area contributed by atoms with Crippen molar-refractivity contribution in [2.24, 2.45) is 5.92 Å². The highest BCUT2D eigenvalue weighted by atomic mass is 14.1. The van der Waals surface area contributed by atoms with E-state index in [1.807, 2.05) is 0 Å². The minimum Gasteiger partial charge on any atom is -0.0630 e. The lowest BCUT2D eigenvalue weighted by Gasteiger charge is -1.93. The van der Waals surface area contributed by atoms with Gasteiger partial charge in [-0.3, -0.25) is 0 Å². The molecule has 0 amide bonds. The van der Waals surface area contributed by atoms with Gasteiger partial charge in [0.1, 0.15) is 0 Å². The van der Waals surface area contributed by atoms with Crippen molar-refractivity contribution >= 4 is 0 Å². The van der Waals surface area contributed by atoms with Crippen molar-refractivity contribution in [2.75, 3.05) is 0 Å². The highest BCUT2D eigenvalue weighted by molar-refractivity contribution is 5.30. The third-order valence-corrected chi connectivity index (χ3v) is 2.01. The van der Waals surface area contributed by atoms with Crippen LogP contribution < -0.4 is 0 Å². The van der Waals surface area contributed by atoms with E-state index in [-0.39, 0.29) is 0 Å². The monoisotopic (exact) mass is 176 g/mol. The van der Waals surface area contributed by atoms with Crippen LogP contribution in [-0.4, -0.2) is 0 Å². The number of hydrogen-bond acceptors (Lipinski definition) is 0. The van der Waals surface area contributed by atoms with Gasteiger partial charge in [0.25, 0.3) is 0 Å². The van der Waals surface area contributed by atoms with Crippen LogP contribution in [0.5, 0.6) is 0 Å². The quantitative estimate of drug-likeness (QED) is 0.563. The predicted octanol–water partition coefficient (Wildman–Crippen LogP) is 3.84. The van der Waals surface area contributed by atoms with Crippen molar-refractivity contribution in [1.29, 1.82) is 0 Å². The summed E-state index contributed by atoms with van der Waals surface area (Å²) in [6.07, 6.45) is 3.96. The number of benzene rings is 1. The summed E-state index contributed by atoms with van der Waals surface area (Å²) in [6, 6.07) is 8.74. The SMILES string of the molecule is CC(C)C.c1ccc2c(c1)CCC2. The van der Waals surface area contributed by atoms with E-state index in [4.69, 9.17) is 0 Å². The third-order valence-electron chi connectivity index (χ3n) is 2.01. The largest absolute Gasteiger partial charge is 0.0630 e. The summed E-state index contributed by atoms with van der Waals surface area (Å²) < 4.78 is 0. The summed E-state index contributed by atoms with van der Waals surface area (Å²) in [4.78, 5) is 0. The van der Waals surface area contributed by atoms with Crippen molar-refractivity contribution < 1.29 is 0 Å². The third kappa shape index (κ3) is 3.63. The topological polar surface area (TPSA) is 0 Å². The number of aryl methyl sites for hydroxylation is 2. The van der Waals surface area contributed by atoms with Gasteiger partial charge in [0.15, 0.2) is 0 Å². The van der Waals surface area contributed by atoms with E-state index >= 15 is 0 Å². The van der Waals surface area contributed by atoms with Gasteiger partial charge in [-0.05, 0) is 36.3 Å². The number of fused-ring (bicyclic) bond motifs is 1. The molecule has 13 heavy (non-hydrogen) atoms. The Hall–Kier alpha value is -0.780. The fourth-order valence-corrected chi connectivity index (χ4v) is 1.51. The second-order valence-corrected chi connectivity index (χ2v) is 4.35.